The lowest BCUT2D eigenvalue weighted by molar-refractivity contribution is -0.115. The summed E-state index contributed by atoms with van der Waals surface area (Å²) in [5.41, 5.74) is 7.17. The molecule has 1 aromatic rings. The molecule has 0 N–H and O–H groups in total. The number of ketones is 2. The third kappa shape index (κ3) is 3.88. The smallest absolute Gasteiger partial charge is 0.189 e. The van der Waals surface area contributed by atoms with Crippen molar-refractivity contribution >= 4 is 23.0 Å². The monoisotopic (exact) mass is 377 g/mol. The maximum absolute atomic E-state index is 12.4. The van der Waals surface area contributed by atoms with E-state index in [1.807, 2.05) is 53.0 Å². The molecule has 0 unspecified atom stereocenters. The third-order valence-corrected chi connectivity index (χ3v) is 5.36. The second kappa shape index (κ2) is 7.66. The fraction of sp³-hybridized carbons (Fsp3) is 0.391. The molecule has 0 amide bonds. The van der Waals surface area contributed by atoms with Gasteiger partial charge in [0, 0.05) is 36.0 Å². The summed E-state index contributed by atoms with van der Waals surface area (Å²) in [4.78, 5) is 28.9. The zero-order chi connectivity index (χ0) is 20.6. The Morgan fingerprint density at radius 3 is 2.39 bits per heavy atom. The Morgan fingerprint density at radius 1 is 1.14 bits per heavy atom. The Morgan fingerprint density at radius 2 is 1.79 bits per heavy atom. The molecule has 5 heteroatoms. The van der Waals surface area contributed by atoms with Crippen LogP contribution in [0.25, 0.3) is 0 Å². The molecule has 5 nitrogen and oxygen atoms in total. The van der Waals surface area contributed by atoms with E-state index in [-0.39, 0.29) is 24.0 Å². The van der Waals surface area contributed by atoms with Crippen LogP contribution in [0.1, 0.15) is 42.5 Å². The molecule has 0 radical (unpaired) electrons. The fourth-order valence-corrected chi connectivity index (χ4v) is 3.63. The highest BCUT2D eigenvalue weighted by Crippen LogP contribution is 2.24. The van der Waals surface area contributed by atoms with E-state index in [4.69, 9.17) is 0 Å². The Bertz CT molecular complexity index is 941. The van der Waals surface area contributed by atoms with E-state index >= 15 is 0 Å². The van der Waals surface area contributed by atoms with E-state index in [9.17, 15) is 9.59 Å². The van der Waals surface area contributed by atoms with E-state index in [0.29, 0.717) is 24.3 Å². The molecular weight excluding hydrogens is 350 g/mol. The zero-order valence-electron chi connectivity index (χ0n) is 17.3. The first-order valence-corrected chi connectivity index (χ1v) is 9.59. The number of hydrogen-bond acceptors (Lipinski definition) is 5. The van der Waals surface area contributed by atoms with Gasteiger partial charge in [0.25, 0.3) is 0 Å². The molecule has 0 saturated carbocycles. The summed E-state index contributed by atoms with van der Waals surface area (Å²) < 4.78 is 0. The highest BCUT2D eigenvalue weighted by Gasteiger charge is 2.24. The van der Waals surface area contributed by atoms with Gasteiger partial charge in [-0.3, -0.25) is 19.6 Å². The zero-order valence-corrected chi connectivity index (χ0v) is 17.3. The summed E-state index contributed by atoms with van der Waals surface area (Å²) in [5, 5.41) is 6.08. The Hall–Kier alpha value is -2.82. The van der Waals surface area contributed by atoms with Crippen molar-refractivity contribution < 1.29 is 9.59 Å². The molecule has 0 fully saturated rings. The van der Waals surface area contributed by atoms with Crippen LogP contribution in [-0.2, 0) is 16.0 Å². The highest BCUT2D eigenvalue weighted by atomic mass is 16.1. The quantitative estimate of drug-likeness (QED) is 0.806. The molecule has 0 atom stereocenters. The maximum atomic E-state index is 12.4. The number of aliphatic imine (C=N–C) groups is 1. The SMILES string of the molecule is C=C1CC(=O)C(c2cc(C)c(CC3=NCC(=O)C(C(C)C)=C3)c(C)c2)=NN1C. The standard InChI is InChI=1S/C23H27N3O2/c1-13(2)19-10-18(24-12-22(19)28)11-20-14(3)7-17(8-15(20)4)23-21(27)9-16(5)26(6)25-23/h7-8,10,13H,5,9,11-12H2,1-4,6H3. The first-order chi connectivity index (χ1) is 13.2. The number of Topliss-reactive ketones (excluding diaryl/α,β-unsaturated/α-hetero) is 2. The third-order valence-electron chi connectivity index (χ3n) is 5.36. The second-order valence-electron chi connectivity index (χ2n) is 7.89. The normalized spacial score (nSPS) is 17.7. The van der Waals surface area contributed by atoms with Crippen molar-refractivity contribution in [1.82, 2.24) is 5.01 Å². The van der Waals surface area contributed by atoms with Gasteiger partial charge in [-0.1, -0.05) is 20.4 Å². The van der Waals surface area contributed by atoms with Gasteiger partial charge >= 0.3 is 0 Å². The number of carbonyl (C=O) groups excluding carboxylic acids is 2. The van der Waals surface area contributed by atoms with Crippen molar-refractivity contribution in [3.8, 4) is 0 Å². The molecule has 2 aliphatic rings. The topological polar surface area (TPSA) is 62.1 Å². The number of benzene rings is 1. The van der Waals surface area contributed by atoms with Crippen LogP contribution in [0, 0.1) is 19.8 Å². The first-order valence-electron chi connectivity index (χ1n) is 9.59. The van der Waals surface area contributed by atoms with E-state index in [2.05, 4.69) is 16.7 Å². The van der Waals surface area contributed by atoms with Crippen LogP contribution >= 0.6 is 0 Å². The van der Waals surface area contributed by atoms with Gasteiger partial charge in [-0.25, -0.2) is 0 Å². The summed E-state index contributed by atoms with van der Waals surface area (Å²) in [6, 6.07) is 4.03. The molecule has 146 valence electrons. The van der Waals surface area contributed by atoms with E-state index in [1.54, 1.807) is 5.01 Å². The summed E-state index contributed by atoms with van der Waals surface area (Å²) in [5.74, 6) is 0.307. The molecule has 0 bridgehead atoms. The number of dihydropyridines is 1. The summed E-state index contributed by atoms with van der Waals surface area (Å²) in [6.07, 6.45) is 2.92. The van der Waals surface area contributed by atoms with Gasteiger partial charge in [0.2, 0.25) is 0 Å². The van der Waals surface area contributed by atoms with Gasteiger partial charge in [0.15, 0.2) is 11.6 Å². The molecule has 3 rings (SSSR count). The molecular formula is C23H27N3O2. The predicted octanol–water partition coefficient (Wildman–Crippen LogP) is 3.57. The van der Waals surface area contributed by atoms with Crippen molar-refractivity contribution in [2.45, 2.75) is 40.5 Å². The predicted molar refractivity (Wildman–Crippen MR) is 113 cm³/mol. The van der Waals surface area contributed by atoms with Crippen molar-refractivity contribution in [3.05, 3.63) is 58.3 Å². The lowest BCUT2D eigenvalue weighted by Gasteiger charge is -2.23. The average molecular weight is 377 g/mol. The Labute approximate surface area is 166 Å². The first kappa shape index (κ1) is 19.9. The highest BCUT2D eigenvalue weighted by molar-refractivity contribution is 6.47. The van der Waals surface area contributed by atoms with Crippen LogP contribution in [0.3, 0.4) is 0 Å². The number of carbonyl (C=O) groups is 2. The summed E-state index contributed by atoms with van der Waals surface area (Å²) in [6.45, 7) is 12.3. The minimum atomic E-state index is -0.00525. The number of hydrazone groups is 1. The number of rotatable bonds is 4. The van der Waals surface area contributed by atoms with Gasteiger partial charge in [0.05, 0.1) is 6.42 Å². The molecule has 0 aliphatic carbocycles. The summed E-state index contributed by atoms with van der Waals surface area (Å²) >= 11 is 0. The maximum Gasteiger partial charge on any atom is 0.189 e. The number of aryl methyl sites for hydroxylation is 2. The van der Waals surface area contributed by atoms with Crippen LogP contribution in [-0.4, -0.2) is 41.6 Å². The molecule has 0 spiro atoms. The van der Waals surface area contributed by atoms with Crippen LogP contribution in [0.5, 0.6) is 0 Å². The fourth-order valence-electron chi connectivity index (χ4n) is 3.63. The van der Waals surface area contributed by atoms with Gasteiger partial charge < -0.3 is 0 Å². The van der Waals surface area contributed by atoms with Gasteiger partial charge in [-0.05, 0) is 54.7 Å². The van der Waals surface area contributed by atoms with Crippen molar-refractivity contribution in [1.29, 1.82) is 0 Å². The molecule has 28 heavy (non-hydrogen) atoms. The van der Waals surface area contributed by atoms with E-state index in [1.165, 1.54) is 5.56 Å². The van der Waals surface area contributed by atoms with E-state index < -0.39 is 0 Å². The number of allylic oxidation sites excluding steroid dienone is 2. The minimum absolute atomic E-state index is 0.00525. The van der Waals surface area contributed by atoms with Crippen molar-refractivity contribution in [2.75, 3.05) is 13.6 Å². The molecule has 0 aromatic heterocycles. The molecule has 2 aliphatic heterocycles. The number of hydrogen-bond donors (Lipinski definition) is 0. The molecule has 1 aromatic carbocycles. The van der Waals surface area contributed by atoms with Crippen molar-refractivity contribution in [2.24, 2.45) is 16.0 Å². The largest absolute Gasteiger partial charge is 0.292 e. The lowest BCUT2D eigenvalue weighted by Crippen LogP contribution is -2.29. The van der Waals surface area contributed by atoms with Gasteiger partial charge in [-0.2, -0.15) is 5.10 Å². The summed E-state index contributed by atoms with van der Waals surface area (Å²) in [7, 11) is 1.81. The van der Waals surface area contributed by atoms with Crippen molar-refractivity contribution in [3.63, 3.8) is 0 Å². The Kier molecular flexibility index (Phi) is 5.45. The van der Waals surface area contributed by atoms with Crippen LogP contribution in [0.2, 0.25) is 0 Å². The van der Waals surface area contributed by atoms with Gasteiger partial charge in [0.1, 0.15) is 12.3 Å². The van der Waals surface area contributed by atoms with Crippen LogP contribution < -0.4 is 0 Å². The van der Waals surface area contributed by atoms with Crippen LogP contribution in [0.15, 0.2) is 46.2 Å². The van der Waals surface area contributed by atoms with E-state index in [0.717, 1.165) is 28.0 Å². The Balaban J connectivity index is 1.92. The average Bonchev–Trinajstić information content (AvgIpc) is 2.62. The minimum Gasteiger partial charge on any atom is -0.292 e. The number of nitrogens with zero attached hydrogens (tertiary/aromatic N) is 3. The van der Waals surface area contributed by atoms with Crippen LogP contribution in [0.4, 0.5) is 0 Å². The second-order valence-corrected chi connectivity index (χ2v) is 7.89. The molecule has 0 saturated heterocycles. The molecule has 2 heterocycles. The lowest BCUT2D eigenvalue weighted by atomic mass is 9.89. The van der Waals surface area contributed by atoms with Gasteiger partial charge in [-0.15, -0.1) is 0 Å².